The van der Waals surface area contributed by atoms with Crippen LogP contribution in [-0.4, -0.2) is 39.5 Å². The monoisotopic (exact) mass is 476 g/mol. The van der Waals surface area contributed by atoms with Gasteiger partial charge in [-0.25, -0.2) is 0 Å². The number of aromatic hydroxyl groups is 1. The SMILES string of the molecule is O=S(=O)(O)OS(=O)(=O)OS(=O)(=O)O.Oc1ccc2ccc3cccc4ccc1c2c34. The molecule has 0 fully saturated rings. The summed E-state index contributed by atoms with van der Waals surface area (Å²) in [6.45, 7) is 0. The van der Waals surface area contributed by atoms with Gasteiger partial charge in [0.25, 0.3) is 0 Å². The smallest absolute Gasteiger partial charge is 0.432 e. The summed E-state index contributed by atoms with van der Waals surface area (Å²) in [5.74, 6) is 0.357. The number of phenolic OH excluding ortho intramolecular Hbond substituents is 1. The summed E-state index contributed by atoms with van der Waals surface area (Å²) in [6.07, 6.45) is 0. The average molecular weight is 476 g/mol. The highest BCUT2D eigenvalue weighted by Gasteiger charge is 2.27. The Hall–Kier alpha value is -2.59. The van der Waals surface area contributed by atoms with Gasteiger partial charge >= 0.3 is 31.2 Å². The van der Waals surface area contributed by atoms with Crippen molar-refractivity contribution in [1.29, 1.82) is 0 Å². The average Bonchev–Trinajstić information content (AvgIpc) is 2.57. The van der Waals surface area contributed by atoms with Crippen LogP contribution >= 0.6 is 0 Å². The Balaban J connectivity index is 0.000000180. The summed E-state index contributed by atoms with van der Waals surface area (Å²) in [6, 6.07) is 18.4. The van der Waals surface area contributed by atoms with Crippen molar-refractivity contribution in [2.24, 2.45) is 0 Å². The lowest BCUT2D eigenvalue weighted by Crippen LogP contribution is -2.18. The molecular formula is C16H12O11S3. The fourth-order valence-corrected chi connectivity index (χ4v) is 4.92. The topological polar surface area (TPSA) is 182 Å². The molecule has 30 heavy (non-hydrogen) atoms. The molecule has 14 heteroatoms. The Morgan fingerprint density at radius 1 is 0.600 bits per heavy atom. The Kier molecular flexibility index (Phi) is 5.59. The van der Waals surface area contributed by atoms with Crippen LogP contribution in [0.5, 0.6) is 5.75 Å². The van der Waals surface area contributed by atoms with Crippen molar-refractivity contribution < 1.29 is 46.7 Å². The number of hydrogen-bond donors (Lipinski definition) is 3. The van der Waals surface area contributed by atoms with Crippen molar-refractivity contribution in [3.8, 4) is 5.75 Å². The molecular weight excluding hydrogens is 464 g/mol. The summed E-state index contributed by atoms with van der Waals surface area (Å²) in [7, 11) is -16.5. The van der Waals surface area contributed by atoms with Gasteiger partial charge in [0.1, 0.15) is 5.75 Å². The third kappa shape index (κ3) is 5.11. The van der Waals surface area contributed by atoms with Gasteiger partial charge in [-0.05, 0) is 27.6 Å². The van der Waals surface area contributed by atoms with Crippen molar-refractivity contribution in [3.63, 3.8) is 0 Å². The first-order valence-corrected chi connectivity index (χ1v) is 11.8. The molecule has 0 heterocycles. The lowest BCUT2D eigenvalue weighted by Gasteiger charge is -2.11. The van der Waals surface area contributed by atoms with Crippen molar-refractivity contribution in [2.45, 2.75) is 0 Å². The van der Waals surface area contributed by atoms with E-state index in [1.807, 2.05) is 12.1 Å². The van der Waals surface area contributed by atoms with Crippen LogP contribution < -0.4 is 0 Å². The summed E-state index contributed by atoms with van der Waals surface area (Å²) in [5, 5.41) is 16.9. The fourth-order valence-electron chi connectivity index (χ4n) is 2.94. The van der Waals surface area contributed by atoms with Gasteiger partial charge in [0.15, 0.2) is 0 Å². The molecule has 0 unspecified atom stereocenters. The Labute approximate surface area is 170 Å². The molecule has 160 valence electrons. The molecule has 3 N–H and O–H groups in total. The molecule has 11 nitrogen and oxygen atoms in total. The van der Waals surface area contributed by atoms with Crippen molar-refractivity contribution >= 4 is 63.5 Å². The van der Waals surface area contributed by atoms with E-state index in [0.29, 0.717) is 5.75 Å². The van der Waals surface area contributed by atoms with E-state index in [0.717, 1.165) is 5.39 Å². The van der Waals surface area contributed by atoms with Gasteiger partial charge in [0.05, 0.1) is 0 Å². The standard InChI is InChI=1S/C16H10O.H2O10S3/c17-14-9-7-12-5-4-10-2-1-3-11-6-8-13(14)16(12)15(10)11;1-11(2,3)9-13(7,8)10-12(4,5)6/h1-9,17H;(H,1,2,3)(H,4,5,6). The molecule has 0 aromatic heterocycles. The molecule has 0 aliphatic heterocycles. The predicted molar refractivity (Wildman–Crippen MR) is 106 cm³/mol. The van der Waals surface area contributed by atoms with E-state index in [2.05, 4.69) is 43.7 Å². The molecule has 0 saturated carbocycles. The van der Waals surface area contributed by atoms with Crippen LogP contribution in [0.1, 0.15) is 0 Å². The minimum absolute atomic E-state index is 0.357. The van der Waals surface area contributed by atoms with Crippen molar-refractivity contribution in [1.82, 2.24) is 0 Å². The largest absolute Gasteiger partial charge is 0.507 e. The first-order valence-electron chi connectivity index (χ1n) is 7.73. The second kappa shape index (κ2) is 7.59. The van der Waals surface area contributed by atoms with E-state index in [9.17, 15) is 30.4 Å². The summed E-state index contributed by atoms with van der Waals surface area (Å²) in [4.78, 5) is 0. The molecule has 0 aliphatic rings. The van der Waals surface area contributed by atoms with Gasteiger partial charge < -0.3 is 5.11 Å². The minimum Gasteiger partial charge on any atom is -0.507 e. The van der Waals surface area contributed by atoms with Crippen LogP contribution in [0.25, 0.3) is 32.3 Å². The quantitative estimate of drug-likeness (QED) is 0.290. The van der Waals surface area contributed by atoms with Crippen LogP contribution in [0.2, 0.25) is 0 Å². The number of rotatable bonds is 4. The zero-order valence-electron chi connectivity index (χ0n) is 14.5. The van der Waals surface area contributed by atoms with E-state index in [-0.39, 0.29) is 0 Å². The highest BCUT2D eigenvalue weighted by Crippen LogP contribution is 2.37. The Bertz CT molecular complexity index is 1500. The van der Waals surface area contributed by atoms with E-state index in [4.69, 9.17) is 9.11 Å². The van der Waals surface area contributed by atoms with Crippen LogP contribution in [0.3, 0.4) is 0 Å². The first-order chi connectivity index (χ1) is 13.8. The molecule has 0 saturated heterocycles. The van der Waals surface area contributed by atoms with Gasteiger partial charge in [-0.3, -0.25) is 9.11 Å². The van der Waals surface area contributed by atoms with Crippen LogP contribution in [0.4, 0.5) is 0 Å². The Morgan fingerprint density at radius 2 is 1.03 bits per heavy atom. The molecule has 4 aromatic carbocycles. The maximum absolute atomic E-state index is 10.1. The summed E-state index contributed by atoms with van der Waals surface area (Å²) in [5.41, 5.74) is 0. The molecule has 0 radical (unpaired) electrons. The van der Waals surface area contributed by atoms with E-state index in [1.54, 1.807) is 6.07 Å². The molecule has 0 aliphatic carbocycles. The van der Waals surface area contributed by atoms with E-state index < -0.39 is 31.2 Å². The zero-order chi connectivity index (χ0) is 22.3. The molecule has 4 aromatic rings. The maximum Gasteiger partial charge on any atom is 0.432 e. The van der Waals surface area contributed by atoms with Gasteiger partial charge in [0.2, 0.25) is 0 Å². The third-order valence-electron chi connectivity index (χ3n) is 3.84. The highest BCUT2D eigenvalue weighted by atomic mass is 32.3. The summed E-state index contributed by atoms with van der Waals surface area (Å²) >= 11 is 0. The number of phenols is 1. The van der Waals surface area contributed by atoms with Crippen LogP contribution in [-0.2, 0) is 38.5 Å². The first kappa shape index (κ1) is 22.1. The number of hydrogen-bond acceptors (Lipinski definition) is 9. The van der Waals surface area contributed by atoms with Crippen molar-refractivity contribution in [3.05, 3.63) is 54.6 Å². The molecule has 0 amide bonds. The van der Waals surface area contributed by atoms with E-state index >= 15 is 0 Å². The second-order valence-corrected chi connectivity index (χ2v) is 9.46. The second-order valence-electron chi connectivity index (χ2n) is 5.84. The maximum atomic E-state index is 10.1. The summed E-state index contributed by atoms with van der Waals surface area (Å²) < 4.78 is 80.2. The normalized spacial score (nSPS) is 12.9. The molecule has 4 rings (SSSR count). The molecule has 0 bridgehead atoms. The highest BCUT2D eigenvalue weighted by molar-refractivity contribution is 8.00. The van der Waals surface area contributed by atoms with Crippen molar-refractivity contribution in [2.75, 3.05) is 0 Å². The van der Waals surface area contributed by atoms with E-state index in [1.165, 1.54) is 26.9 Å². The minimum atomic E-state index is -5.57. The Morgan fingerprint density at radius 3 is 1.53 bits per heavy atom. The van der Waals surface area contributed by atoms with Gasteiger partial charge in [-0.2, -0.15) is 25.3 Å². The molecule has 0 atom stereocenters. The molecule has 0 spiro atoms. The van der Waals surface area contributed by atoms with Crippen LogP contribution in [0.15, 0.2) is 54.6 Å². The zero-order valence-corrected chi connectivity index (χ0v) is 17.0. The lowest BCUT2D eigenvalue weighted by atomic mass is 9.94. The van der Waals surface area contributed by atoms with Gasteiger partial charge in [0, 0.05) is 10.8 Å². The van der Waals surface area contributed by atoms with Gasteiger partial charge in [-0.15, -0.1) is 0 Å². The van der Waals surface area contributed by atoms with Crippen LogP contribution in [0, 0.1) is 0 Å². The third-order valence-corrected chi connectivity index (χ3v) is 6.55. The van der Waals surface area contributed by atoms with Gasteiger partial charge in [-0.1, -0.05) is 55.8 Å². The lowest BCUT2D eigenvalue weighted by molar-refractivity contribution is 0.328. The number of benzene rings is 4. The predicted octanol–water partition coefficient (Wildman–Crippen LogP) is 2.16. The fraction of sp³-hybridized carbons (Fsp3) is 0.